The zero-order valence-corrected chi connectivity index (χ0v) is 11.7. The first kappa shape index (κ1) is 14.9. The van der Waals surface area contributed by atoms with Crippen molar-refractivity contribution >= 4 is 11.8 Å². The Balaban J connectivity index is 2.61. The maximum Gasteiger partial charge on any atom is 0.246 e. The molecule has 0 saturated heterocycles. The number of rotatable bonds is 6. The molecule has 0 aliphatic rings. The van der Waals surface area contributed by atoms with Crippen LogP contribution in [0.3, 0.4) is 0 Å². The maximum atomic E-state index is 12.1. The number of aryl methyl sites for hydroxylation is 1. The lowest BCUT2D eigenvalue weighted by atomic mass is 10.3. The number of carbonyl (C=O) groups excluding carboxylic acids is 2. The second-order valence-corrected chi connectivity index (χ2v) is 4.33. The molecule has 0 radical (unpaired) electrons. The Hall–Kier alpha value is -2.11. The number of amides is 2. The van der Waals surface area contributed by atoms with Gasteiger partial charge in [0.1, 0.15) is 0 Å². The molecular weight excluding hydrogens is 244 g/mol. The van der Waals surface area contributed by atoms with Gasteiger partial charge in [-0.1, -0.05) is 6.58 Å². The molecule has 0 aromatic carbocycles. The van der Waals surface area contributed by atoms with E-state index in [1.165, 1.54) is 11.0 Å². The number of aromatic nitrogens is 2. The number of hydrogen-bond acceptors (Lipinski definition) is 3. The largest absolute Gasteiger partial charge is 0.337 e. The summed E-state index contributed by atoms with van der Waals surface area (Å²) in [5.74, 6) is -0.352. The van der Waals surface area contributed by atoms with Crippen LogP contribution in [0.5, 0.6) is 0 Å². The third kappa shape index (κ3) is 4.24. The lowest BCUT2D eigenvalue weighted by Gasteiger charge is -2.23. The van der Waals surface area contributed by atoms with Crippen LogP contribution in [-0.4, -0.2) is 51.5 Å². The van der Waals surface area contributed by atoms with Gasteiger partial charge in [0.05, 0.1) is 12.7 Å². The topological polar surface area (TPSA) is 58.4 Å². The molecule has 6 nitrogen and oxygen atoms in total. The Morgan fingerprint density at radius 1 is 1.53 bits per heavy atom. The molecule has 2 amide bonds. The van der Waals surface area contributed by atoms with Gasteiger partial charge in [-0.25, -0.2) is 0 Å². The van der Waals surface area contributed by atoms with Crippen LogP contribution in [0.1, 0.15) is 12.5 Å². The van der Waals surface area contributed by atoms with Crippen LogP contribution in [0.2, 0.25) is 0 Å². The minimum atomic E-state index is -0.259. The van der Waals surface area contributed by atoms with Crippen LogP contribution >= 0.6 is 0 Å². The van der Waals surface area contributed by atoms with Gasteiger partial charge in [-0.2, -0.15) is 5.10 Å². The number of hydrogen-bond donors (Lipinski definition) is 0. The van der Waals surface area contributed by atoms with Crippen molar-refractivity contribution in [3.63, 3.8) is 0 Å². The van der Waals surface area contributed by atoms with Crippen LogP contribution in [0, 0.1) is 0 Å². The standard InChI is InChI=1S/C13H20N4O2/c1-5-12(18)15(3)10-13(19)17(6-2)9-11-7-14-16(4)8-11/h5,7-8H,1,6,9-10H2,2-4H3. The molecule has 0 aliphatic heterocycles. The zero-order chi connectivity index (χ0) is 14.4. The summed E-state index contributed by atoms with van der Waals surface area (Å²) in [6.07, 6.45) is 4.80. The number of nitrogens with zero attached hydrogens (tertiary/aromatic N) is 4. The van der Waals surface area contributed by atoms with Gasteiger partial charge in [0.15, 0.2) is 0 Å². The first-order valence-electron chi connectivity index (χ1n) is 6.10. The normalized spacial score (nSPS) is 10.1. The van der Waals surface area contributed by atoms with E-state index in [9.17, 15) is 9.59 Å². The van der Waals surface area contributed by atoms with Crippen molar-refractivity contribution in [3.8, 4) is 0 Å². The summed E-state index contributed by atoms with van der Waals surface area (Å²) in [7, 11) is 3.41. The molecule has 0 spiro atoms. The summed E-state index contributed by atoms with van der Waals surface area (Å²) >= 11 is 0. The van der Waals surface area contributed by atoms with Gasteiger partial charge in [0.2, 0.25) is 11.8 Å². The van der Waals surface area contributed by atoms with E-state index in [0.717, 1.165) is 5.56 Å². The van der Waals surface area contributed by atoms with Crippen molar-refractivity contribution in [2.45, 2.75) is 13.5 Å². The summed E-state index contributed by atoms with van der Waals surface area (Å²) in [4.78, 5) is 26.5. The first-order chi connectivity index (χ1) is 8.97. The summed E-state index contributed by atoms with van der Waals surface area (Å²) in [6.45, 7) is 6.44. The monoisotopic (exact) mass is 264 g/mol. The van der Waals surface area contributed by atoms with E-state index in [-0.39, 0.29) is 18.4 Å². The molecule has 0 bridgehead atoms. The van der Waals surface area contributed by atoms with Gasteiger partial charge >= 0.3 is 0 Å². The predicted molar refractivity (Wildman–Crippen MR) is 72.1 cm³/mol. The van der Waals surface area contributed by atoms with Crippen molar-refractivity contribution in [2.75, 3.05) is 20.1 Å². The summed E-state index contributed by atoms with van der Waals surface area (Å²) in [5, 5.41) is 4.07. The highest BCUT2D eigenvalue weighted by Gasteiger charge is 2.16. The fourth-order valence-electron chi connectivity index (χ4n) is 1.69. The Bertz CT molecular complexity index is 467. The molecular formula is C13H20N4O2. The quantitative estimate of drug-likeness (QED) is 0.699. The van der Waals surface area contributed by atoms with E-state index in [0.29, 0.717) is 13.1 Å². The minimum absolute atomic E-state index is 0.0545. The van der Waals surface area contributed by atoms with Crippen molar-refractivity contribution in [1.82, 2.24) is 19.6 Å². The zero-order valence-electron chi connectivity index (χ0n) is 11.7. The molecule has 0 atom stereocenters. The second kappa shape index (κ2) is 6.72. The van der Waals surface area contributed by atoms with Crippen LogP contribution < -0.4 is 0 Å². The molecule has 0 unspecified atom stereocenters. The minimum Gasteiger partial charge on any atom is -0.337 e. The van der Waals surface area contributed by atoms with Crippen molar-refractivity contribution in [2.24, 2.45) is 7.05 Å². The van der Waals surface area contributed by atoms with Gasteiger partial charge in [0, 0.05) is 38.9 Å². The SMILES string of the molecule is C=CC(=O)N(C)CC(=O)N(CC)Cc1cnn(C)c1. The Kier molecular flexibility index (Phi) is 5.29. The molecule has 0 N–H and O–H groups in total. The van der Waals surface area contributed by atoms with Crippen LogP contribution in [0.4, 0.5) is 0 Å². The van der Waals surface area contributed by atoms with E-state index in [4.69, 9.17) is 0 Å². The summed E-state index contributed by atoms with van der Waals surface area (Å²) < 4.78 is 1.70. The highest BCUT2D eigenvalue weighted by Crippen LogP contribution is 2.04. The van der Waals surface area contributed by atoms with Gasteiger partial charge in [0.25, 0.3) is 0 Å². The van der Waals surface area contributed by atoms with Gasteiger partial charge in [-0.3, -0.25) is 14.3 Å². The predicted octanol–water partition coefficient (Wildman–Crippen LogP) is 0.413. The molecule has 0 aliphatic carbocycles. The summed E-state index contributed by atoms with van der Waals surface area (Å²) in [5.41, 5.74) is 0.968. The van der Waals surface area contributed by atoms with Crippen LogP contribution in [0.15, 0.2) is 25.0 Å². The van der Waals surface area contributed by atoms with E-state index in [2.05, 4.69) is 11.7 Å². The molecule has 104 valence electrons. The fraction of sp³-hybridized carbons (Fsp3) is 0.462. The van der Waals surface area contributed by atoms with E-state index in [1.807, 2.05) is 20.2 Å². The Morgan fingerprint density at radius 3 is 2.68 bits per heavy atom. The second-order valence-electron chi connectivity index (χ2n) is 4.33. The molecule has 0 saturated carbocycles. The van der Waals surface area contributed by atoms with E-state index >= 15 is 0 Å². The van der Waals surface area contributed by atoms with E-state index in [1.54, 1.807) is 22.8 Å². The maximum absolute atomic E-state index is 12.1. The van der Waals surface area contributed by atoms with Crippen molar-refractivity contribution in [1.29, 1.82) is 0 Å². The molecule has 1 rings (SSSR count). The number of likely N-dealkylation sites (N-methyl/N-ethyl adjacent to an activating group) is 2. The highest BCUT2D eigenvalue weighted by molar-refractivity contribution is 5.90. The van der Waals surface area contributed by atoms with Crippen LogP contribution in [0.25, 0.3) is 0 Å². The molecule has 1 heterocycles. The Morgan fingerprint density at radius 2 is 2.21 bits per heavy atom. The van der Waals surface area contributed by atoms with Crippen molar-refractivity contribution < 1.29 is 9.59 Å². The van der Waals surface area contributed by atoms with Crippen LogP contribution in [-0.2, 0) is 23.2 Å². The molecule has 1 aromatic heterocycles. The first-order valence-corrected chi connectivity index (χ1v) is 6.10. The average Bonchev–Trinajstić information content (AvgIpc) is 2.80. The van der Waals surface area contributed by atoms with Gasteiger partial charge in [-0.15, -0.1) is 0 Å². The third-order valence-electron chi connectivity index (χ3n) is 2.79. The average molecular weight is 264 g/mol. The highest BCUT2D eigenvalue weighted by atomic mass is 16.2. The molecule has 1 aromatic rings. The molecule has 19 heavy (non-hydrogen) atoms. The van der Waals surface area contributed by atoms with Gasteiger partial charge < -0.3 is 9.80 Å². The summed E-state index contributed by atoms with van der Waals surface area (Å²) in [6, 6.07) is 0. The van der Waals surface area contributed by atoms with Crippen molar-refractivity contribution in [3.05, 3.63) is 30.6 Å². The van der Waals surface area contributed by atoms with Gasteiger partial charge in [-0.05, 0) is 13.0 Å². The fourth-order valence-corrected chi connectivity index (χ4v) is 1.69. The lowest BCUT2D eigenvalue weighted by molar-refractivity contribution is -0.137. The number of carbonyl (C=O) groups is 2. The Labute approximate surface area is 113 Å². The van der Waals surface area contributed by atoms with E-state index < -0.39 is 0 Å². The smallest absolute Gasteiger partial charge is 0.246 e. The lowest BCUT2D eigenvalue weighted by Crippen LogP contribution is -2.40. The molecule has 0 fully saturated rings. The molecule has 6 heteroatoms. The third-order valence-corrected chi connectivity index (χ3v) is 2.79.